The smallest absolute Gasteiger partial charge is 0.0867 e. The van der Waals surface area contributed by atoms with Crippen molar-refractivity contribution in [1.29, 1.82) is 0 Å². The van der Waals surface area contributed by atoms with Crippen molar-refractivity contribution in [1.82, 2.24) is 0 Å². The molecule has 0 aromatic carbocycles. The number of hydrogen-bond acceptors (Lipinski definition) is 2. The molecule has 0 saturated carbocycles. The molecule has 1 aliphatic heterocycles. The van der Waals surface area contributed by atoms with Gasteiger partial charge in [0.2, 0.25) is 0 Å². The van der Waals surface area contributed by atoms with Crippen molar-refractivity contribution in [2.24, 2.45) is 5.92 Å². The van der Waals surface area contributed by atoms with Crippen LogP contribution in [-0.4, -0.2) is 12.2 Å². The third-order valence-electron chi connectivity index (χ3n) is 2.42. The number of epoxide rings is 1. The molecule has 12 heavy (non-hydrogen) atoms. The van der Waals surface area contributed by atoms with Crippen molar-refractivity contribution in [2.45, 2.75) is 32.5 Å². The van der Waals surface area contributed by atoms with E-state index < -0.39 is 0 Å². The molecule has 2 heterocycles. The first-order valence-corrected chi connectivity index (χ1v) is 5.33. The molecule has 3 unspecified atom stereocenters. The molecule has 3 atom stereocenters. The Bertz CT molecular complexity index is 242. The third kappa shape index (κ3) is 1.70. The lowest BCUT2D eigenvalue weighted by Crippen LogP contribution is -2.07. The molecule has 1 aromatic heterocycles. The molecular weight excluding hydrogens is 168 g/mol. The van der Waals surface area contributed by atoms with Crippen molar-refractivity contribution in [2.75, 3.05) is 0 Å². The van der Waals surface area contributed by atoms with Gasteiger partial charge in [0.15, 0.2) is 0 Å². The predicted molar refractivity (Wildman–Crippen MR) is 51.5 cm³/mol. The van der Waals surface area contributed by atoms with E-state index in [4.69, 9.17) is 4.74 Å². The zero-order valence-electron chi connectivity index (χ0n) is 7.49. The summed E-state index contributed by atoms with van der Waals surface area (Å²) >= 11 is 1.84. The summed E-state index contributed by atoms with van der Waals surface area (Å²) in [4.78, 5) is 1.48. The molecule has 2 heteroatoms. The van der Waals surface area contributed by atoms with Gasteiger partial charge in [0.25, 0.3) is 0 Å². The highest BCUT2D eigenvalue weighted by atomic mass is 32.1. The van der Waals surface area contributed by atoms with Crippen LogP contribution in [0.1, 0.15) is 18.7 Å². The van der Waals surface area contributed by atoms with Gasteiger partial charge in [-0.15, -0.1) is 11.3 Å². The van der Waals surface area contributed by atoms with Gasteiger partial charge in [-0.25, -0.2) is 0 Å². The van der Waals surface area contributed by atoms with Crippen LogP contribution in [0.4, 0.5) is 0 Å². The lowest BCUT2D eigenvalue weighted by atomic mass is 10.0. The van der Waals surface area contributed by atoms with E-state index >= 15 is 0 Å². The normalized spacial score (nSPS) is 30.2. The summed E-state index contributed by atoms with van der Waals surface area (Å²) < 4.78 is 5.43. The highest BCUT2D eigenvalue weighted by Crippen LogP contribution is 2.31. The Morgan fingerprint density at radius 2 is 2.42 bits per heavy atom. The van der Waals surface area contributed by atoms with Crippen LogP contribution in [0.3, 0.4) is 0 Å². The summed E-state index contributed by atoms with van der Waals surface area (Å²) in [5, 5.41) is 2.14. The molecule has 1 saturated heterocycles. The summed E-state index contributed by atoms with van der Waals surface area (Å²) in [5.74, 6) is 0.679. The SMILES string of the molecule is CC(Cc1cccs1)C1OC1C. The minimum absolute atomic E-state index is 0.500. The van der Waals surface area contributed by atoms with Gasteiger partial charge in [-0.2, -0.15) is 0 Å². The lowest BCUT2D eigenvalue weighted by Gasteiger charge is -2.04. The molecule has 0 N–H and O–H groups in total. The minimum Gasteiger partial charge on any atom is -0.370 e. The molecule has 0 spiro atoms. The predicted octanol–water partition coefficient (Wildman–Crippen LogP) is 2.71. The van der Waals surface area contributed by atoms with Crippen LogP contribution in [0.2, 0.25) is 0 Å². The van der Waals surface area contributed by atoms with E-state index in [1.165, 1.54) is 11.3 Å². The first kappa shape index (κ1) is 8.27. The second-order valence-electron chi connectivity index (χ2n) is 3.57. The Morgan fingerprint density at radius 3 is 2.92 bits per heavy atom. The van der Waals surface area contributed by atoms with Crippen LogP contribution in [0, 0.1) is 5.92 Å². The van der Waals surface area contributed by atoms with Gasteiger partial charge in [0, 0.05) is 4.88 Å². The van der Waals surface area contributed by atoms with E-state index in [9.17, 15) is 0 Å². The average molecular weight is 182 g/mol. The van der Waals surface area contributed by atoms with Gasteiger partial charge in [-0.05, 0) is 30.7 Å². The maximum Gasteiger partial charge on any atom is 0.0867 e. The van der Waals surface area contributed by atoms with Crippen molar-refractivity contribution >= 4 is 11.3 Å². The van der Waals surface area contributed by atoms with Crippen LogP contribution >= 0.6 is 11.3 Å². The highest BCUT2D eigenvalue weighted by molar-refractivity contribution is 7.09. The quantitative estimate of drug-likeness (QED) is 0.655. The van der Waals surface area contributed by atoms with E-state index in [0.29, 0.717) is 18.1 Å². The van der Waals surface area contributed by atoms with E-state index in [0.717, 1.165) is 0 Å². The minimum atomic E-state index is 0.500. The standard InChI is InChI=1S/C10H14OS/c1-7(10-8(2)11-10)6-9-4-3-5-12-9/h3-5,7-8,10H,6H2,1-2H3. The van der Waals surface area contributed by atoms with Crippen LogP contribution in [-0.2, 0) is 11.2 Å². The zero-order valence-corrected chi connectivity index (χ0v) is 8.30. The van der Waals surface area contributed by atoms with Gasteiger partial charge in [-0.1, -0.05) is 13.0 Å². The molecule has 0 aliphatic carbocycles. The molecule has 0 amide bonds. The first-order chi connectivity index (χ1) is 5.77. The number of thiophene rings is 1. The molecule has 1 nitrogen and oxygen atoms in total. The van der Waals surface area contributed by atoms with Gasteiger partial charge >= 0.3 is 0 Å². The summed E-state index contributed by atoms with van der Waals surface area (Å²) in [6, 6.07) is 4.32. The Morgan fingerprint density at radius 1 is 1.67 bits per heavy atom. The van der Waals surface area contributed by atoms with E-state index in [1.54, 1.807) is 0 Å². The highest BCUT2D eigenvalue weighted by Gasteiger charge is 2.38. The number of ether oxygens (including phenoxy) is 1. The van der Waals surface area contributed by atoms with Crippen LogP contribution in [0.15, 0.2) is 17.5 Å². The summed E-state index contributed by atoms with van der Waals surface area (Å²) in [5.41, 5.74) is 0. The molecule has 1 fully saturated rings. The van der Waals surface area contributed by atoms with E-state index in [-0.39, 0.29) is 0 Å². The van der Waals surface area contributed by atoms with Crippen LogP contribution < -0.4 is 0 Å². The lowest BCUT2D eigenvalue weighted by molar-refractivity contribution is 0.329. The fraction of sp³-hybridized carbons (Fsp3) is 0.600. The fourth-order valence-electron chi connectivity index (χ4n) is 1.66. The maximum atomic E-state index is 5.43. The molecular formula is C10H14OS. The number of hydrogen-bond donors (Lipinski definition) is 0. The molecule has 2 rings (SSSR count). The van der Waals surface area contributed by atoms with Gasteiger partial charge < -0.3 is 4.74 Å². The van der Waals surface area contributed by atoms with Crippen LogP contribution in [0.5, 0.6) is 0 Å². The molecule has 1 aromatic rings. The Hall–Kier alpha value is -0.340. The summed E-state index contributed by atoms with van der Waals surface area (Å²) in [6.45, 7) is 4.42. The largest absolute Gasteiger partial charge is 0.370 e. The van der Waals surface area contributed by atoms with Gasteiger partial charge in [-0.3, -0.25) is 0 Å². The zero-order chi connectivity index (χ0) is 8.55. The van der Waals surface area contributed by atoms with E-state index in [1.807, 2.05) is 11.3 Å². The Kier molecular flexibility index (Phi) is 2.20. The Labute approximate surface area is 77.4 Å². The van der Waals surface area contributed by atoms with Gasteiger partial charge in [0.05, 0.1) is 12.2 Å². The molecule has 0 bridgehead atoms. The second kappa shape index (κ2) is 3.19. The van der Waals surface area contributed by atoms with Crippen molar-refractivity contribution in [3.05, 3.63) is 22.4 Å². The Balaban J connectivity index is 1.87. The topological polar surface area (TPSA) is 12.5 Å². The van der Waals surface area contributed by atoms with Crippen molar-refractivity contribution in [3.63, 3.8) is 0 Å². The third-order valence-corrected chi connectivity index (χ3v) is 3.32. The first-order valence-electron chi connectivity index (χ1n) is 4.45. The van der Waals surface area contributed by atoms with Crippen LogP contribution in [0.25, 0.3) is 0 Å². The fourth-order valence-corrected chi connectivity index (χ4v) is 2.51. The monoisotopic (exact) mass is 182 g/mol. The molecule has 0 radical (unpaired) electrons. The second-order valence-corrected chi connectivity index (χ2v) is 4.60. The number of rotatable bonds is 3. The molecule has 66 valence electrons. The summed E-state index contributed by atoms with van der Waals surface area (Å²) in [7, 11) is 0. The maximum absolute atomic E-state index is 5.43. The van der Waals surface area contributed by atoms with E-state index in [2.05, 4.69) is 31.4 Å². The average Bonchev–Trinajstić information content (AvgIpc) is 2.58. The summed E-state index contributed by atoms with van der Waals surface area (Å²) in [6.07, 6.45) is 2.19. The van der Waals surface area contributed by atoms with Crippen molar-refractivity contribution < 1.29 is 4.74 Å². The molecule has 1 aliphatic rings. The van der Waals surface area contributed by atoms with Crippen molar-refractivity contribution in [3.8, 4) is 0 Å². The van der Waals surface area contributed by atoms with Gasteiger partial charge in [0.1, 0.15) is 0 Å².